The van der Waals surface area contributed by atoms with Crippen molar-refractivity contribution in [3.63, 3.8) is 0 Å². The lowest BCUT2D eigenvalue weighted by molar-refractivity contribution is 0.482. The zero-order valence-electron chi connectivity index (χ0n) is 18.1. The molecule has 0 fully saturated rings. The average Bonchev–Trinajstić information content (AvgIpc) is 2.79. The Labute approximate surface area is 179 Å². The Hall–Kier alpha value is -3.52. The summed E-state index contributed by atoms with van der Waals surface area (Å²) in [6.07, 6.45) is 0. The van der Waals surface area contributed by atoms with Gasteiger partial charge >= 0.3 is 0 Å². The van der Waals surface area contributed by atoms with Crippen LogP contribution in [-0.2, 0) is 0 Å². The third-order valence-corrected chi connectivity index (χ3v) is 4.56. The van der Waals surface area contributed by atoms with Gasteiger partial charge in [-0.3, -0.25) is 0 Å². The second-order valence-electron chi connectivity index (χ2n) is 6.88. The van der Waals surface area contributed by atoms with Crippen molar-refractivity contribution in [1.82, 2.24) is 0 Å². The minimum atomic E-state index is 0.826. The van der Waals surface area contributed by atoms with Gasteiger partial charge in [0.1, 0.15) is 23.0 Å². The van der Waals surface area contributed by atoms with Crippen molar-refractivity contribution in [3.05, 3.63) is 108 Å². The Morgan fingerprint density at radius 2 is 0.600 bits per heavy atom. The van der Waals surface area contributed by atoms with E-state index in [2.05, 4.69) is 38.1 Å². The Bertz CT molecular complexity index is 941. The molecule has 152 valence electrons. The van der Waals surface area contributed by atoms with Crippen molar-refractivity contribution in [1.29, 1.82) is 0 Å². The van der Waals surface area contributed by atoms with Gasteiger partial charge in [0.25, 0.3) is 0 Å². The van der Waals surface area contributed by atoms with E-state index in [1.54, 1.807) is 0 Å². The Morgan fingerprint density at radius 1 is 0.367 bits per heavy atom. The maximum Gasteiger partial charge on any atom is 0.127 e. The zero-order valence-corrected chi connectivity index (χ0v) is 18.1. The summed E-state index contributed by atoms with van der Waals surface area (Å²) >= 11 is 0. The molecule has 0 bridgehead atoms. The molecule has 0 aliphatic heterocycles. The summed E-state index contributed by atoms with van der Waals surface area (Å²) in [5.41, 5.74) is 4.71. The Balaban J connectivity index is 0.00000124. The lowest BCUT2D eigenvalue weighted by atomic mass is 10.1. The van der Waals surface area contributed by atoms with Crippen LogP contribution in [0.3, 0.4) is 0 Å². The average molecular weight is 397 g/mol. The molecule has 4 rings (SSSR count). The van der Waals surface area contributed by atoms with Crippen LogP contribution in [0.15, 0.2) is 97.1 Å². The fourth-order valence-electron chi connectivity index (χ4n) is 2.92. The molecular formula is C28H28O2. The number of hydrogen-bond acceptors (Lipinski definition) is 2. The van der Waals surface area contributed by atoms with Gasteiger partial charge in [0, 0.05) is 0 Å². The van der Waals surface area contributed by atoms with Gasteiger partial charge in [-0.2, -0.15) is 0 Å². The third kappa shape index (κ3) is 5.74. The largest absolute Gasteiger partial charge is 0.457 e. The predicted octanol–water partition coefficient (Wildman–Crippen LogP) is 8.58. The molecule has 0 saturated carbocycles. The topological polar surface area (TPSA) is 18.5 Å². The summed E-state index contributed by atoms with van der Waals surface area (Å²) in [6.45, 7) is 8.13. The molecule has 0 N–H and O–H groups in total. The van der Waals surface area contributed by atoms with E-state index in [0.717, 1.165) is 34.1 Å². The first kappa shape index (κ1) is 21.2. The van der Waals surface area contributed by atoms with Gasteiger partial charge in [0.05, 0.1) is 0 Å². The van der Waals surface area contributed by atoms with Crippen LogP contribution in [0.1, 0.15) is 25.0 Å². The standard InChI is InChI=1S/C26H22O2.C2H6/c1-19-3-11-23(12-4-19)27-25-15-7-21(8-16-25)22-9-17-26(18-10-22)28-24-13-5-20(2)6-14-24;1-2/h3-18H,1-2H3;1-2H3. The predicted molar refractivity (Wildman–Crippen MR) is 126 cm³/mol. The number of aryl methyl sites for hydroxylation is 2. The molecule has 2 heteroatoms. The maximum atomic E-state index is 5.90. The maximum absolute atomic E-state index is 5.90. The zero-order chi connectivity index (χ0) is 21.3. The van der Waals surface area contributed by atoms with Crippen LogP contribution in [0.25, 0.3) is 11.1 Å². The van der Waals surface area contributed by atoms with Crippen molar-refractivity contribution in [2.45, 2.75) is 27.7 Å². The molecule has 0 radical (unpaired) electrons. The van der Waals surface area contributed by atoms with Crippen LogP contribution in [0.2, 0.25) is 0 Å². The molecule has 4 aromatic carbocycles. The molecule has 0 amide bonds. The molecule has 0 heterocycles. The highest BCUT2D eigenvalue weighted by Gasteiger charge is 2.02. The molecule has 0 aliphatic rings. The monoisotopic (exact) mass is 396 g/mol. The molecular weight excluding hydrogens is 368 g/mol. The lowest BCUT2D eigenvalue weighted by Crippen LogP contribution is -1.86. The van der Waals surface area contributed by atoms with Crippen molar-refractivity contribution in [3.8, 4) is 34.1 Å². The summed E-state index contributed by atoms with van der Waals surface area (Å²) < 4.78 is 11.8. The highest BCUT2D eigenvalue weighted by atomic mass is 16.5. The lowest BCUT2D eigenvalue weighted by Gasteiger charge is -2.09. The van der Waals surface area contributed by atoms with Gasteiger partial charge in [-0.15, -0.1) is 0 Å². The summed E-state index contributed by atoms with van der Waals surface area (Å²) in [7, 11) is 0. The molecule has 4 aromatic rings. The highest BCUT2D eigenvalue weighted by molar-refractivity contribution is 5.65. The van der Waals surface area contributed by atoms with Gasteiger partial charge in [-0.25, -0.2) is 0 Å². The van der Waals surface area contributed by atoms with E-state index in [-0.39, 0.29) is 0 Å². The van der Waals surface area contributed by atoms with Crippen molar-refractivity contribution in [2.24, 2.45) is 0 Å². The smallest absolute Gasteiger partial charge is 0.127 e. The molecule has 0 unspecified atom stereocenters. The van der Waals surface area contributed by atoms with Crippen LogP contribution >= 0.6 is 0 Å². The fourth-order valence-corrected chi connectivity index (χ4v) is 2.92. The van der Waals surface area contributed by atoms with E-state index >= 15 is 0 Å². The van der Waals surface area contributed by atoms with Crippen LogP contribution in [0.4, 0.5) is 0 Å². The van der Waals surface area contributed by atoms with Gasteiger partial charge in [0.2, 0.25) is 0 Å². The number of rotatable bonds is 5. The fraction of sp³-hybridized carbons (Fsp3) is 0.143. The summed E-state index contributed by atoms with van der Waals surface area (Å²) in [6, 6.07) is 32.4. The third-order valence-electron chi connectivity index (χ3n) is 4.56. The van der Waals surface area contributed by atoms with E-state index in [9.17, 15) is 0 Å². The van der Waals surface area contributed by atoms with E-state index in [0.29, 0.717) is 0 Å². The Morgan fingerprint density at radius 3 is 0.867 bits per heavy atom. The molecule has 2 nitrogen and oxygen atoms in total. The summed E-state index contributed by atoms with van der Waals surface area (Å²) in [4.78, 5) is 0. The Kier molecular flexibility index (Phi) is 7.29. The summed E-state index contributed by atoms with van der Waals surface area (Å²) in [5, 5.41) is 0. The van der Waals surface area contributed by atoms with Crippen molar-refractivity contribution in [2.75, 3.05) is 0 Å². The minimum Gasteiger partial charge on any atom is -0.457 e. The van der Waals surface area contributed by atoms with Crippen molar-refractivity contribution >= 4 is 0 Å². The van der Waals surface area contributed by atoms with E-state index in [4.69, 9.17) is 9.47 Å². The second kappa shape index (κ2) is 10.3. The van der Waals surface area contributed by atoms with Gasteiger partial charge in [0.15, 0.2) is 0 Å². The minimum absolute atomic E-state index is 0.826. The van der Waals surface area contributed by atoms with Crippen LogP contribution in [0.5, 0.6) is 23.0 Å². The molecule has 0 aromatic heterocycles. The second-order valence-corrected chi connectivity index (χ2v) is 6.88. The molecule has 0 aliphatic carbocycles. The van der Waals surface area contributed by atoms with Crippen LogP contribution < -0.4 is 9.47 Å². The molecule has 30 heavy (non-hydrogen) atoms. The van der Waals surface area contributed by atoms with Gasteiger partial charge < -0.3 is 9.47 Å². The number of ether oxygens (including phenoxy) is 2. The van der Waals surface area contributed by atoms with E-state index < -0.39 is 0 Å². The van der Waals surface area contributed by atoms with Crippen LogP contribution in [-0.4, -0.2) is 0 Å². The van der Waals surface area contributed by atoms with E-state index in [1.165, 1.54) is 11.1 Å². The van der Waals surface area contributed by atoms with Crippen LogP contribution in [0, 0.1) is 13.8 Å². The van der Waals surface area contributed by atoms with Gasteiger partial charge in [-0.05, 0) is 73.5 Å². The molecule has 0 atom stereocenters. The molecule has 0 spiro atoms. The van der Waals surface area contributed by atoms with E-state index in [1.807, 2.05) is 86.6 Å². The highest BCUT2D eigenvalue weighted by Crippen LogP contribution is 2.28. The van der Waals surface area contributed by atoms with Crippen molar-refractivity contribution < 1.29 is 9.47 Å². The molecule has 0 saturated heterocycles. The van der Waals surface area contributed by atoms with Gasteiger partial charge in [-0.1, -0.05) is 73.5 Å². The quantitative estimate of drug-likeness (QED) is 0.336. The number of benzene rings is 4. The first-order valence-corrected chi connectivity index (χ1v) is 10.4. The first-order chi connectivity index (χ1) is 14.7. The SMILES string of the molecule is CC.Cc1ccc(Oc2ccc(-c3ccc(Oc4ccc(C)cc4)cc3)cc2)cc1. The normalized spacial score (nSPS) is 10.0. The summed E-state index contributed by atoms with van der Waals surface area (Å²) in [5.74, 6) is 3.34. The first-order valence-electron chi connectivity index (χ1n) is 10.4. The number of hydrogen-bond donors (Lipinski definition) is 0.